The fourth-order valence-corrected chi connectivity index (χ4v) is 5.41. The highest BCUT2D eigenvalue weighted by atomic mass is 79.9. The normalized spacial score (nSPS) is 21.2. The van der Waals surface area contributed by atoms with Crippen LogP contribution in [0.3, 0.4) is 0 Å². The number of benzene rings is 3. The summed E-state index contributed by atoms with van der Waals surface area (Å²) in [5, 5.41) is 12.7. The van der Waals surface area contributed by atoms with Gasteiger partial charge in [0.15, 0.2) is 0 Å². The van der Waals surface area contributed by atoms with Crippen molar-refractivity contribution in [3.8, 4) is 11.1 Å². The third kappa shape index (κ3) is 3.48. The Kier molecular flexibility index (Phi) is 5.25. The maximum atomic E-state index is 12.5. The Balaban J connectivity index is 1.23. The lowest BCUT2D eigenvalue weighted by Gasteiger charge is -2.44. The van der Waals surface area contributed by atoms with E-state index in [-0.39, 0.29) is 18.6 Å². The van der Waals surface area contributed by atoms with Gasteiger partial charge in [-0.2, -0.15) is 0 Å². The van der Waals surface area contributed by atoms with Crippen LogP contribution < -0.4 is 5.32 Å². The number of amides is 1. The second kappa shape index (κ2) is 8.10. The van der Waals surface area contributed by atoms with E-state index in [4.69, 9.17) is 4.74 Å². The van der Waals surface area contributed by atoms with Crippen LogP contribution in [-0.4, -0.2) is 29.8 Å². The van der Waals surface area contributed by atoms with Gasteiger partial charge >= 0.3 is 12.1 Å². The highest BCUT2D eigenvalue weighted by molar-refractivity contribution is 9.10. The van der Waals surface area contributed by atoms with Crippen LogP contribution >= 0.6 is 15.9 Å². The van der Waals surface area contributed by atoms with Gasteiger partial charge in [-0.15, -0.1) is 0 Å². The minimum Gasteiger partial charge on any atom is -0.481 e. The fourth-order valence-electron chi connectivity index (χ4n) is 5.01. The lowest BCUT2D eigenvalue weighted by molar-refractivity contribution is -0.148. The summed E-state index contributed by atoms with van der Waals surface area (Å²) in [4.78, 5) is 24.5. The van der Waals surface area contributed by atoms with E-state index in [1.54, 1.807) is 0 Å². The van der Waals surface area contributed by atoms with E-state index < -0.39 is 17.5 Å². The number of fused-ring (bicyclic) bond motifs is 3. The highest BCUT2D eigenvalue weighted by Gasteiger charge is 2.52. The monoisotopic (exact) mass is 491 g/mol. The van der Waals surface area contributed by atoms with Crippen molar-refractivity contribution in [2.75, 3.05) is 6.61 Å². The lowest BCUT2D eigenvalue weighted by atomic mass is 9.61. The smallest absolute Gasteiger partial charge is 0.407 e. The molecule has 5 nitrogen and oxygen atoms in total. The number of rotatable bonds is 5. The van der Waals surface area contributed by atoms with Crippen molar-refractivity contribution in [2.45, 2.75) is 30.2 Å². The van der Waals surface area contributed by atoms with Gasteiger partial charge in [0.25, 0.3) is 0 Å². The number of aliphatic carboxylic acids is 1. The van der Waals surface area contributed by atoms with E-state index in [0.29, 0.717) is 12.8 Å². The first kappa shape index (κ1) is 20.8. The number of carbonyl (C=O) groups excluding carboxylic acids is 1. The lowest BCUT2D eigenvalue weighted by Crippen LogP contribution is -2.57. The molecule has 0 radical (unpaired) electrons. The van der Waals surface area contributed by atoms with Gasteiger partial charge in [-0.05, 0) is 52.8 Å². The van der Waals surface area contributed by atoms with E-state index in [1.165, 1.54) is 11.1 Å². The van der Waals surface area contributed by atoms with Gasteiger partial charge in [-0.25, -0.2) is 4.79 Å². The topological polar surface area (TPSA) is 75.6 Å². The standard InChI is InChI=1S/C26H22BrNO4/c27-17-7-5-6-16(12-17)26(24(29)30)13-18(14-26)28-25(31)32-15-23-21-10-3-1-8-19(21)20-9-2-4-11-22(20)23/h1-12,18,23H,13-15H2,(H,28,31)(H,29,30). The summed E-state index contributed by atoms with van der Waals surface area (Å²) >= 11 is 3.41. The fraction of sp³-hybridized carbons (Fsp3) is 0.231. The Morgan fingerprint density at radius 2 is 1.59 bits per heavy atom. The van der Waals surface area contributed by atoms with Gasteiger partial charge in [-0.1, -0.05) is 76.6 Å². The summed E-state index contributed by atoms with van der Waals surface area (Å²) in [7, 11) is 0. The number of halogens is 1. The number of carboxylic acids is 1. The maximum Gasteiger partial charge on any atom is 0.407 e. The summed E-state index contributed by atoms with van der Waals surface area (Å²) < 4.78 is 6.43. The zero-order valence-corrected chi connectivity index (χ0v) is 18.8. The summed E-state index contributed by atoms with van der Waals surface area (Å²) in [5.74, 6) is -0.879. The zero-order valence-electron chi connectivity index (χ0n) is 17.3. The minimum atomic E-state index is -0.981. The van der Waals surface area contributed by atoms with Crippen molar-refractivity contribution in [3.63, 3.8) is 0 Å². The van der Waals surface area contributed by atoms with Gasteiger partial charge in [-0.3, -0.25) is 4.79 Å². The molecule has 2 aliphatic carbocycles. The molecule has 0 bridgehead atoms. The summed E-state index contributed by atoms with van der Waals surface area (Å²) in [5.41, 5.74) is 4.43. The Bertz CT molecular complexity index is 1160. The first-order valence-electron chi connectivity index (χ1n) is 10.6. The van der Waals surface area contributed by atoms with Crippen molar-refractivity contribution in [1.82, 2.24) is 5.32 Å². The average Bonchev–Trinajstić information content (AvgIpc) is 3.08. The molecule has 32 heavy (non-hydrogen) atoms. The Labute approximate surface area is 194 Å². The molecule has 0 aromatic heterocycles. The van der Waals surface area contributed by atoms with Crippen LogP contribution in [-0.2, 0) is 14.9 Å². The molecular formula is C26H22BrNO4. The highest BCUT2D eigenvalue weighted by Crippen LogP contribution is 2.46. The summed E-state index contributed by atoms with van der Waals surface area (Å²) in [6, 6.07) is 23.5. The number of carbonyl (C=O) groups is 2. The molecule has 3 aromatic carbocycles. The van der Waals surface area contributed by atoms with Crippen LogP contribution in [0.2, 0.25) is 0 Å². The van der Waals surface area contributed by atoms with Crippen LogP contribution in [0.4, 0.5) is 4.79 Å². The molecule has 1 saturated carbocycles. The predicted molar refractivity (Wildman–Crippen MR) is 125 cm³/mol. The molecule has 0 saturated heterocycles. The molecule has 0 unspecified atom stereocenters. The molecule has 2 N–H and O–H groups in total. The Morgan fingerprint density at radius 1 is 0.969 bits per heavy atom. The quantitative estimate of drug-likeness (QED) is 0.495. The third-order valence-electron chi connectivity index (χ3n) is 6.64. The number of alkyl carbamates (subject to hydrolysis) is 1. The molecule has 0 spiro atoms. The first-order chi connectivity index (χ1) is 15.5. The predicted octanol–water partition coefficient (Wildman–Crippen LogP) is 5.47. The van der Waals surface area contributed by atoms with Crippen LogP contribution in [0.5, 0.6) is 0 Å². The SMILES string of the molecule is O=C(NC1CC(C(=O)O)(c2cccc(Br)c2)C1)OCC1c2ccccc2-c2ccccc21. The van der Waals surface area contributed by atoms with E-state index >= 15 is 0 Å². The molecular weight excluding hydrogens is 470 g/mol. The number of hydrogen-bond acceptors (Lipinski definition) is 3. The zero-order chi connectivity index (χ0) is 22.3. The molecule has 6 heteroatoms. The minimum absolute atomic E-state index is 0.00526. The molecule has 5 rings (SSSR count). The van der Waals surface area contributed by atoms with Crippen molar-refractivity contribution < 1.29 is 19.4 Å². The molecule has 1 fully saturated rings. The van der Waals surface area contributed by atoms with Crippen molar-refractivity contribution >= 4 is 28.0 Å². The molecule has 3 aromatic rings. The van der Waals surface area contributed by atoms with E-state index in [9.17, 15) is 14.7 Å². The molecule has 0 aliphatic heterocycles. The van der Waals surface area contributed by atoms with E-state index in [2.05, 4.69) is 45.5 Å². The van der Waals surface area contributed by atoms with Crippen LogP contribution in [0.25, 0.3) is 11.1 Å². The second-order valence-corrected chi connectivity index (χ2v) is 9.39. The van der Waals surface area contributed by atoms with Crippen LogP contribution in [0.1, 0.15) is 35.4 Å². The molecule has 0 heterocycles. The summed E-state index contributed by atoms with van der Waals surface area (Å²) in [6.07, 6.45) is 0.163. The van der Waals surface area contributed by atoms with Gasteiger partial charge in [0.1, 0.15) is 6.61 Å². The van der Waals surface area contributed by atoms with E-state index in [1.807, 2.05) is 48.5 Å². The van der Waals surface area contributed by atoms with Crippen molar-refractivity contribution in [3.05, 3.63) is 94.0 Å². The number of nitrogens with one attached hydrogen (secondary N) is 1. The van der Waals surface area contributed by atoms with Gasteiger partial charge in [0, 0.05) is 16.4 Å². The Morgan fingerprint density at radius 3 is 2.19 bits per heavy atom. The maximum absolute atomic E-state index is 12.5. The Hall–Kier alpha value is -3.12. The molecule has 0 atom stereocenters. The number of carboxylic acid groups (broad SMARTS) is 1. The van der Waals surface area contributed by atoms with Gasteiger partial charge in [0.2, 0.25) is 0 Å². The number of hydrogen-bond donors (Lipinski definition) is 2. The second-order valence-electron chi connectivity index (χ2n) is 8.47. The van der Waals surface area contributed by atoms with Crippen molar-refractivity contribution in [2.24, 2.45) is 0 Å². The van der Waals surface area contributed by atoms with Crippen molar-refractivity contribution in [1.29, 1.82) is 0 Å². The van der Waals surface area contributed by atoms with E-state index in [0.717, 1.165) is 21.2 Å². The van der Waals surface area contributed by atoms with Gasteiger partial charge in [0.05, 0.1) is 5.41 Å². The van der Waals surface area contributed by atoms with Crippen LogP contribution in [0, 0.1) is 0 Å². The largest absolute Gasteiger partial charge is 0.481 e. The van der Waals surface area contributed by atoms with Gasteiger partial charge < -0.3 is 15.2 Å². The number of ether oxygens (including phenoxy) is 1. The average molecular weight is 492 g/mol. The molecule has 162 valence electrons. The first-order valence-corrected chi connectivity index (χ1v) is 11.4. The summed E-state index contributed by atoms with van der Waals surface area (Å²) in [6.45, 7) is 0.238. The van der Waals surface area contributed by atoms with Crippen LogP contribution in [0.15, 0.2) is 77.3 Å². The third-order valence-corrected chi connectivity index (χ3v) is 7.14. The molecule has 1 amide bonds. The molecule has 2 aliphatic rings.